The number of hydrogen-bond donors (Lipinski definition) is 2. The maximum absolute atomic E-state index is 13.2. The minimum atomic E-state index is -4.66. The molecule has 142 valence electrons. The van der Waals surface area contributed by atoms with E-state index < -0.39 is 17.6 Å². The highest BCUT2D eigenvalue weighted by Crippen LogP contribution is 2.33. The Kier molecular flexibility index (Phi) is 4.26. The summed E-state index contributed by atoms with van der Waals surface area (Å²) in [7, 11) is 0. The second-order valence-electron chi connectivity index (χ2n) is 6.27. The van der Waals surface area contributed by atoms with E-state index in [0.717, 1.165) is 17.5 Å². The lowest BCUT2D eigenvalue weighted by Gasteiger charge is -2.14. The molecule has 0 saturated heterocycles. The molecule has 2 heterocycles. The lowest BCUT2D eigenvalue weighted by molar-refractivity contribution is -0.138. The zero-order valence-corrected chi connectivity index (χ0v) is 14.3. The van der Waals surface area contributed by atoms with Crippen molar-refractivity contribution in [3.05, 3.63) is 82.0 Å². The molecule has 0 aliphatic rings. The van der Waals surface area contributed by atoms with Gasteiger partial charge >= 0.3 is 6.18 Å². The van der Waals surface area contributed by atoms with E-state index in [0.29, 0.717) is 28.2 Å². The minimum absolute atomic E-state index is 0.0774. The van der Waals surface area contributed by atoms with Crippen molar-refractivity contribution in [2.75, 3.05) is 5.32 Å². The molecule has 4 aromatic rings. The van der Waals surface area contributed by atoms with E-state index in [9.17, 15) is 22.4 Å². The van der Waals surface area contributed by atoms with Crippen LogP contribution in [0.5, 0.6) is 0 Å². The number of halogens is 4. The fourth-order valence-corrected chi connectivity index (χ4v) is 3.14. The van der Waals surface area contributed by atoms with E-state index in [1.165, 1.54) is 0 Å². The van der Waals surface area contributed by atoms with Crippen LogP contribution in [0.15, 0.2) is 59.5 Å². The minimum Gasteiger partial charge on any atom is -0.381 e. The number of nitrogens with zero attached hydrogens (tertiary/aromatic N) is 1. The van der Waals surface area contributed by atoms with E-state index in [4.69, 9.17) is 0 Å². The van der Waals surface area contributed by atoms with Crippen LogP contribution in [0.3, 0.4) is 0 Å². The Morgan fingerprint density at radius 2 is 1.82 bits per heavy atom. The summed E-state index contributed by atoms with van der Waals surface area (Å²) in [5.74, 6) is -0.944. The van der Waals surface area contributed by atoms with E-state index in [-0.39, 0.29) is 17.7 Å². The fourth-order valence-electron chi connectivity index (χ4n) is 3.14. The van der Waals surface area contributed by atoms with Gasteiger partial charge in [-0.05, 0) is 48.0 Å². The van der Waals surface area contributed by atoms with Gasteiger partial charge in [0.25, 0.3) is 5.56 Å². The molecule has 4 rings (SSSR count). The van der Waals surface area contributed by atoms with Gasteiger partial charge in [0.05, 0.1) is 5.56 Å². The molecule has 2 aromatic heterocycles. The van der Waals surface area contributed by atoms with Crippen molar-refractivity contribution in [2.24, 2.45) is 0 Å². The molecule has 0 fully saturated rings. The van der Waals surface area contributed by atoms with Crippen LogP contribution in [-0.4, -0.2) is 9.97 Å². The highest BCUT2D eigenvalue weighted by molar-refractivity contribution is 6.05. The summed E-state index contributed by atoms with van der Waals surface area (Å²) in [4.78, 5) is 19.0. The van der Waals surface area contributed by atoms with E-state index >= 15 is 0 Å². The number of hydrogen-bond acceptors (Lipinski definition) is 3. The molecule has 0 saturated carbocycles. The average Bonchev–Trinajstić information content (AvgIpc) is 2.66. The third kappa shape index (κ3) is 3.28. The summed E-state index contributed by atoms with van der Waals surface area (Å²) >= 11 is 0. The van der Waals surface area contributed by atoms with Crippen LogP contribution < -0.4 is 10.9 Å². The van der Waals surface area contributed by atoms with E-state index in [1.54, 1.807) is 36.5 Å². The Hall–Kier alpha value is -3.42. The summed E-state index contributed by atoms with van der Waals surface area (Å²) in [5.41, 5.74) is -0.445. The highest BCUT2D eigenvalue weighted by atomic mass is 19.4. The van der Waals surface area contributed by atoms with Gasteiger partial charge in [-0.15, -0.1) is 0 Å². The van der Waals surface area contributed by atoms with Crippen LogP contribution in [-0.2, 0) is 12.7 Å². The molecule has 8 heteroatoms. The predicted octanol–water partition coefficient (Wildman–Crippen LogP) is 4.85. The normalized spacial score (nSPS) is 11.9. The van der Waals surface area contributed by atoms with Crippen molar-refractivity contribution in [3.63, 3.8) is 0 Å². The summed E-state index contributed by atoms with van der Waals surface area (Å²) in [6.07, 6.45) is -3.10. The molecule has 0 aliphatic carbocycles. The van der Waals surface area contributed by atoms with Crippen LogP contribution in [0.25, 0.3) is 21.8 Å². The van der Waals surface area contributed by atoms with Crippen molar-refractivity contribution in [3.8, 4) is 0 Å². The predicted molar refractivity (Wildman–Crippen MR) is 98.6 cm³/mol. The average molecular weight is 387 g/mol. The third-order valence-corrected chi connectivity index (χ3v) is 4.45. The Balaban J connectivity index is 1.72. The van der Waals surface area contributed by atoms with E-state index in [1.807, 2.05) is 0 Å². The molecule has 0 atom stereocenters. The maximum atomic E-state index is 13.2. The van der Waals surface area contributed by atoms with Gasteiger partial charge in [-0.3, -0.25) is 4.79 Å². The summed E-state index contributed by atoms with van der Waals surface area (Å²) in [6.45, 7) is -0.153. The van der Waals surface area contributed by atoms with Gasteiger partial charge in [-0.1, -0.05) is 6.07 Å². The number of rotatable bonds is 3. The standard InChI is InChI=1S/C20H13F4N3O/c21-12-4-3-11(17(8-12)20(22,23)24)10-26-13-5-6-15-16(9-13)14-2-1-7-25-18(14)27-19(15)28/h1-9,26H,10H2,(H,25,27,28). The lowest BCUT2D eigenvalue weighted by atomic mass is 10.1. The highest BCUT2D eigenvalue weighted by Gasteiger charge is 2.33. The number of nitrogens with one attached hydrogen (secondary N) is 2. The lowest BCUT2D eigenvalue weighted by Crippen LogP contribution is -2.12. The monoisotopic (exact) mass is 387 g/mol. The molecule has 0 bridgehead atoms. The molecule has 0 unspecified atom stereocenters. The van der Waals surface area contributed by atoms with Crippen LogP contribution in [0.1, 0.15) is 11.1 Å². The first kappa shape index (κ1) is 18.0. The molecule has 0 aliphatic heterocycles. The Labute approximate surface area is 155 Å². The van der Waals surface area contributed by atoms with Gasteiger partial charge in [0, 0.05) is 34.6 Å². The van der Waals surface area contributed by atoms with E-state index in [2.05, 4.69) is 15.3 Å². The van der Waals surface area contributed by atoms with Crippen LogP contribution >= 0.6 is 0 Å². The fraction of sp³-hybridized carbons (Fsp3) is 0.100. The topological polar surface area (TPSA) is 57.8 Å². The third-order valence-electron chi connectivity index (χ3n) is 4.45. The molecular weight excluding hydrogens is 374 g/mol. The summed E-state index contributed by atoms with van der Waals surface area (Å²) < 4.78 is 52.7. The maximum Gasteiger partial charge on any atom is 0.416 e. The summed E-state index contributed by atoms with van der Waals surface area (Å²) in [5, 5.41) is 4.71. The SMILES string of the molecule is O=c1[nH]c2ncccc2c2cc(NCc3ccc(F)cc3C(F)(F)F)ccc12. The molecule has 0 amide bonds. The molecule has 4 nitrogen and oxygen atoms in total. The smallest absolute Gasteiger partial charge is 0.381 e. The largest absolute Gasteiger partial charge is 0.416 e. The number of anilines is 1. The molecular formula is C20H13F4N3O. The number of H-pyrrole nitrogens is 1. The number of fused-ring (bicyclic) bond motifs is 3. The van der Waals surface area contributed by atoms with Gasteiger partial charge in [-0.25, -0.2) is 9.37 Å². The van der Waals surface area contributed by atoms with Gasteiger partial charge in [-0.2, -0.15) is 13.2 Å². The van der Waals surface area contributed by atoms with Crippen molar-refractivity contribution in [1.29, 1.82) is 0 Å². The number of aromatic nitrogens is 2. The molecule has 2 aromatic carbocycles. The molecule has 0 radical (unpaired) electrons. The number of alkyl halides is 3. The van der Waals surface area contributed by atoms with Crippen molar-refractivity contribution in [1.82, 2.24) is 9.97 Å². The van der Waals surface area contributed by atoms with Crippen LogP contribution in [0.2, 0.25) is 0 Å². The van der Waals surface area contributed by atoms with Crippen molar-refractivity contribution in [2.45, 2.75) is 12.7 Å². The number of benzene rings is 2. The van der Waals surface area contributed by atoms with Crippen molar-refractivity contribution >= 4 is 27.5 Å². The quantitative estimate of drug-likeness (QED) is 0.390. The zero-order chi connectivity index (χ0) is 19.9. The molecule has 0 spiro atoms. The first-order chi connectivity index (χ1) is 13.3. The van der Waals surface area contributed by atoms with Crippen LogP contribution in [0.4, 0.5) is 23.2 Å². The van der Waals surface area contributed by atoms with Gasteiger partial charge in [0.15, 0.2) is 0 Å². The van der Waals surface area contributed by atoms with Gasteiger partial charge in [0.2, 0.25) is 0 Å². The van der Waals surface area contributed by atoms with Crippen molar-refractivity contribution < 1.29 is 17.6 Å². The molecule has 2 N–H and O–H groups in total. The number of aromatic amines is 1. The Morgan fingerprint density at radius 3 is 2.61 bits per heavy atom. The zero-order valence-electron chi connectivity index (χ0n) is 14.3. The second-order valence-corrected chi connectivity index (χ2v) is 6.27. The Morgan fingerprint density at radius 1 is 1.00 bits per heavy atom. The first-order valence-corrected chi connectivity index (χ1v) is 8.33. The van der Waals surface area contributed by atoms with Crippen LogP contribution in [0, 0.1) is 5.82 Å². The van der Waals surface area contributed by atoms with Gasteiger partial charge in [0.1, 0.15) is 11.5 Å². The second kappa shape index (κ2) is 6.63. The van der Waals surface area contributed by atoms with Gasteiger partial charge < -0.3 is 10.3 Å². The summed E-state index contributed by atoms with van der Waals surface area (Å²) in [6, 6.07) is 11.0. The Bertz CT molecular complexity index is 1250. The first-order valence-electron chi connectivity index (χ1n) is 8.33. The number of pyridine rings is 2. The molecule has 28 heavy (non-hydrogen) atoms.